The number of para-hydroxylation sites is 1. The van der Waals surface area contributed by atoms with E-state index in [0.29, 0.717) is 0 Å². The Kier molecular flexibility index (Phi) is 2.75. The molecule has 0 fully saturated rings. The van der Waals surface area contributed by atoms with Crippen LogP contribution in [0, 0.1) is 6.92 Å². The summed E-state index contributed by atoms with van der Waals surface area (Å²) in [5.41, 5.74) is 11.3. The fraction of sp³-hybridized carbons (Fsp3) is 0.188. The third kappa shape index (κ3) is 1.87. The number of fused-ring (bicyclic) bond motifs is 1. The Morgan fingerprint density at radius 1 is 1.16 bits per heavy atom. The van der Waals surface area contributed by atoms with Crippen LogP contribution in [-0.4, -0.2) is 9.55 Å². The molecule has 96 valence electrons. The first-order valence-electron chi connectivity index (χ1n) is 6.52. The maximum Gasteiger partial charge on any atom is 0.143 e. The third-order valence-electron chi connectivity index (χ3n) is 3.42. The van der Waals surface area contributed by atoms with Crippen LogP contribution in [0.3, 0.4) is 0 Å². The Bertz CT molecular complexity index is 741. The first-order valence-corrected chi connectivity index (χ1v) is 6.52. The molecular weight excluding hydrogens is 234 g/mol. The summed E-state index contributed by atoms with van der Waals surface area (Å²) in [5.74, 6) is 0.946. The molecule has 1 heterocycles. The minimum absolute atomic E-state index is 0.768. The summed E-state index contributed by atoms with van der Waals surface area (Å²) in [6, 6.07) is 14.2. The van der Waals surface area contributed by atoms with Gasteiger partial charge in [-0.15, -0.1) is 0 Å². The highest BCUT2D eigenvalue weighted by Crippen LogP contribution is 2.29. The van der Waals surface area contributed by atoms with Crippen molar-refractivity contribution in [3.63, 3.8) is 0 Å². The number of anilines is 1. The molecular formula is C16H17N3. The molecule has 2 N–H and O–H groups in total. The van der Waals surface area contributed by atoms with Crippen molar-refractivity contribution in [1.82, 2.24) is 9.55 Å². The Balaban J connectivity index is 2.32. The van der Waals surface area contributed by atoms with Gasteiger partial charge in [0, 0.05) is 17.8 Å². The molecule has 0 atom stereocenters. The number of hydrogen-bond acceptors (Lipinski definition) is 2. The maximum atomic E-state index is 6.07. The molecule has 0 saturated carbocycles. The van der Waals surface area contributed by atoms with Crippen LogP contribution < -0.4 is 5.73 Å². The van der Waals surface area contributed by atoms with Crippen LogP contribution in [0.4, 0.5) is 5.69 Å². The van der Waals surface area contributed by atoms with Crippen LogP contribution in [0.5, 0.6) is 0 Å². The smallest absolute Gasteiger partial charge is 0.143 e. The molecule has 1 aromatic heterocycles. The molecule has 0 bridgehead atoms. The lowest BCUT2D eigenvalue weighted by Crippen LogP contribution is -1.99. The summed E-state index contributed by atoms with van der Waals surface area (Å²) in [4.78, 5) is 4.76. The molecule has 3 heteroatoms. The molecule has 0 radical (unpaired) electrons. The first-order chi connectivity index (χ1) is 9.20. The minimum atomic E-state index is 0.768. The molecule has 3 nitrogen and oxygen atoms in total. The molecule has 0 unspecified atom stereocenters. The van der Waals surface area contributed by atoms with Crippen molar-refractivity contribution in [2.75, 3.05) is 5.73 Å². The molecule has 0 amide bonds. The quantitative estimate of drug-likeness (QED) is 0.707. The lowest BCUT2D eigenvalue weighted by molar-refractivity contribution is 0.796. The zero-order valence-electron chi connectivity index (χ0n) is 11.2. The molecule has 3 aromatic rings. The number of imidazole rings is 1. The van der Waals surface area contributed by atoms with Crippen molar-refractivity contribution in [2.24, 2.45) is 0 Å². The van der Waals surface area contributed by atoms with Gasteiger partial charge < -0.3 is 10.3 Å². The number of aromatic nitrogens is 2. The summed E-state index contributed by atoms with van der Waals surface area (Å²) in [5, 5.41) is 0. The summed E-state index contributed by atoms with van der Waals surface area (Å²) in [7, 11) is 0. The highest BCUT2D eigenvalue weighted by atomic mass is 15.1. The van der Waals surface area contributed by atoms with E-state index in [1.807, 2.05) is 24.3 Å². The lowest BCUT2D eigenvalue weighted by atomic mass is 10.1. The second kappa shape index (κ2) is 4.43. The lowest BCUT2D eigenvalue weighted by Gasteiger charge is -2.08. The SMILES string of the molecule is CCn1c(-c2ccccc2N)nc2cc(C)ccc21. The van der Waals surface area contributed by atoms with Gasteiger partial charge >= 0.3 is 0 Å². The molecule has 0 saturated heterocycles. The number of nitrogens with two attached hydrogens (primary N) is 1. The Hall–Kier alpha value is -2.29. The van der Waals surface area contributed by atoms with Crippen molar-refractivity contribution >= 4 is 16.7 Å². The van der Waals surface area contributed by atoms with Gasteiger partial charge in [0.2, 0.25) is 0 Å². The molecule has 0 aliphatic heterocycles. The summed E-state index contributed by atoms with van der Waals surface area (Å²) < 4.78 is 2.21. The van der Waals surface area contributed by atoms with E-state index in [0.717, 1.165) is 34.7 Å². The first kappa shape index (κ1) is 11.8. The van der Waals surface area contributed by atoms with Crippen LogP contribution in [0.1, 0.15) is 12.5 Å². The topological polar surface area (TPSA) is 43.8 Å². The molecule has 19 heavy (non-hydrogen) atoms. The van der Waals surface area contributed by atoms with E-state index < -0.39 is 0 Å². The van der Waals surface area contributed by atoms with E-state index in [9.17, 15) is 0 Å². The standard InChI is InChI=1S/C16H17N3/c1-3-19-15-9-8-11(2)10-14(15)18-16(19)12-6-4-5-7-13(12)17/h4-10H,3,17H2,1-2H3. The second-order valence-corrected chi connectivity index (χ2v) is 4.76. The van der Waals surface area contributed by atoms with Gasteiger partial charge in [-0.3, -0.25) is 0 Å². The number of nitrogens with zero attached hydrogens (tertiary/aromatic N) is 2. The van der Waals surface area contributed by atoms with E-state index in [4.69, 9.17) is 10.7 Å². The minimum Gasteiger partial charge on any atom is -0.398 e. The van der Waals surface area contributed by atoms with Gasteiger partial charge in [0.1, 0.15) is 5.82 Å². The average Bonchev–Trinajstić information content (AvgIpc) is 2.76. The molecule has 0 spiro atoms. The number of benzene rings is 2. The van der Waals surface area contributed by atoms with Gasteiger partial charge in [-0.25, -0.2) is 4.98 Å². The van der Waals surface area contributed by atoms with Crippen LogP contribution in [0.2, 0.25) is 0 Å². The van der Waals surface area contributed by atoms with Gasteiger partial charge in [0.05, 0.1) is 11.0 Å². The highest BCUT2D eigenvalue weighted by molar-refractivity contribution is 5.84. The summed E-state index contributed by atoms with van der Waals surface area (Å²) in [6.07, 6.45) is 0. The molecule has 2 aromatic carbocycles. The zero-order valence-corrected chi connectivity index (χ0v) is 11.2. The number of nitrogen functional groups attached to an aromatic ring is 1. The summed E-state index contributed by atoms with van der Waals surface area (Å²) >= 11 is 0. The van der Waals surface area contributed by atoms with Crippen molar-refractivity contribution < 1.29 is 0 Å². The normalized spacial score (nSPS) is 11.1. The summed E-state index contributed by atoms with van der Waals surface area (Å²) in [6.45, 7) is 5.09. The van der Waals surface area contributed by atoms with Gasteiger partial charge in [0.15, 0.2) is 0 Å². The van der Waals surface area contributed by atoms with Gasteiger partial charge in [-0.1, -0.05) is 18.2 Å². The van der Waals surface area contributed by atoms with Crippen molar-refractivity contribution in [1.29, 1.82) is 0 Å². The number of aryl methyl sites for hydroxylation is 2. The van der Waals surface area contributed by atoms with Crippen LogP contribution >= 0.6 is 0 Å². The Labute approximate surface area is 112 Å². The van der Waals surface area contributed by atoms with E-state index in [1.54, 1.807) is 0 Å². The van der Waals surface area contributed by atoms with Crippen molar-refractivity contribution in [3.05, 3.63) is 48.0 Å². The van der Waals surface area contributed by atoms with Gasteiger partial charge in [-0.05, 0) is 43.7 Å². The number of hydrogen-bond donors (Lipinski definition) is 1. The van der Waals surface area contributed by atoms with Crippen LogP contribution in [-0.2, 0) is 6.54 Å². The predicted octanol–water partition coefficient (Wildman–Crippen LogP) is 3.61. The fourth-order valence-electron chi connectivity index (χ4n) is 2.47. The predicted molar refractivity (Wildman–Crippen MR) is 80.0 cm³/mol. The monoisotopic (exact) mass is 251 g/mol. The van der Waals surface area contributed by atoms with Crippen molar-refractivity contribution in [2.45, 2.75) is 20.4 Å². The fourth-order valence-corrected chi connectivity index (χ4v) is 2.47. The van der Waals surface area contributed by atoms with Crippen LogP contribution in [0.15, 0.2) is 42.5 Å². The molecule has 3 rings (SSSR count). The largest absolute Gasteiger partial charge is 0.398 e. The van der Waals surface area contributed by atoms with E-state index in [2.05, 4.69) is 36.6 Å². The van der Waals surface area contributed by atoms with Gasteiger partial charge in [-0.2, -0.15) is 0 Å². The Morgan fingerprint density at radius 3 is 2.68 bits per heavy atom. The molecule has 0 aliphatic rings. The number of rotatable bonds is 2. The maximum absolute atomic E-state index is 6.07. The Morgan fingerprint density at radius 2 is 1.95 bits per heavy atom. The second-order valence-electron chi connectivity index (χ2n) is 4.76. The van der Waals surface area contributed by atoms with E-state index >= 15 is 0 Å². The van der Waals surface area contributed by atoms with Crippen LogP contribution in [0.25, 0.3) is 22.4 Å². The van der Waals surface area contributed by atoms with E-state index in [-0.39, 0.29) is 0 Å². The molecule has 0 aliphatic carbocycles. The van der Waals surface area contributed by atoms with Crippen molar-refractivity contribution in [3.8, 4) is 11.4 Å². The average molecular weight is 251 g/mol. The van der Waals surface area contributed by atoms with E-state index in [1.165, 1.54) is 5.56 Å². The van der Waals surface area contributed by atoms with Gasteiger partial charge in [0.25, 0.3) is 0 Å². The zero-order chi connectivity index (χ0) is 13.4. The highest BCUT2D eigenvalue weighted by Gasteiger charge is 2.13. The third-order valence-corrected chi connectivity index (χ3v) is 3.42.